The number of nitrogens with one attached hydrogen (secondary N) is 2. The predicted molar refractivity (Wildman–Crippen MR) is 77.8 cm³/mol. The van der Waals surface area contributed by atoms with Gasteiger partial charge in [-0.05, 0) is 24.6 Å². The number of nitrogens with zero attached hydrogens (tertiary/aromatic N) is 1. The molecule has 0 aliphatic heterocycles. The van der Waals surface area contributed by atoms with E-state index in [9.17, 15) is 8.42 Å². The maximum absolute atomic E-state index is 12.3. The number of hydrogen-bond acceptors (Lipinski definition) is 4. The Morgan fingerprint density at radius 3 is 2.80 bits per heavy atom. The molecule has 0 radical (unpaired) electrons. The summed E-state index contributed by atoms with van der Waals surface area (Å²) in [6.07, 6.45) is 3.79. The summed E-state index contributed by atoms with van der Waals surface area (Å²) in [6.45, 7) is 1.87. The minimum absolute atomic E-state index is 0.0735. The van der Waals surface area contributed by atoms with E-state index in [1.54, 1.807) is 12.4 Å². The molecular formula is C12H15ClN4O2S. The number of aromatic nitrogens is 2. The lowest BCUT2D eigenvalue weighted by molar-refractivity contribution is 0.539. The smallest absolute Gasteiger partial charge is 0.241 e. The van der Waals surface area contributed by atoms with Gasteiger partial charge in [-0.25, -0.2) is 18.1 Å². The molecule has 1 aromatic carbocycles. The third-order valence-electron chi connectivity index (χ3n) is 2.83. The number of sulfonamides is 1. The summed E-state index contributed by atoms with van der Waals surface area (Å²) in [7, 11) is -3.69. The topological polar surface area (TPSA) is 101 Å². The quantitative estimate of drug-likeness (QED) is 0.735. The number of anilines is 1. The number of benzene rings is 1. The van der Waals surface area contributed by atoms with Crippen molar-refractivity contribution < 1.29 is 8.42 Å². The number of imidazole rings is 1. The Kier molecular flexibility index (Phi) is 4.32. The van der Waals surface area contributed by atoms with E-state index in [-0.39, 0.29) is 10.6 Å². The van der Waals surface area contributed by atoms with Crippen LogP contribution in [0.25, 0.3) is 0 Å². The summed E-state index contributed by atoms with van der Waals surface area (Å²) >= 11 is 5.79. The van der Waals surface area contributed by atoms with Gasteiger partial charge >= 0.3 is 0 Å². The molecule has 2 rings (SSSR count). The molecule has 1 aromatic heterocycles. The zero-order valence-electron chi connectivity index (χ0n) is 10.8. The van der Waals surface area contributed by atoms with Crippen LogP contribution < -0.4 is 10.5 Å². The molecule has 8 heteroatoms. The third-order valence-corrected chi connectivity index (χ3v) is 4.65. The van der Waals surface area contributed by atoms with E-state index in [4.69, 9.17) is 17.3 Å². The summed E-state index contributed by atoms with van der Waals surface area (Å²) in [5.74, 6) is 0.568. The van der Waals surface area contributed by atoms with Gasteiger partial charge in [-0.1, -0.05) is 18.5 Å². The van der Waals surface area contributed by atoms with Crippen LogP contribution >= 0.6 is 11.6 Å². The van der Waals surface area contributed by atoms with Gasteiger partial charge in [-0.2, -0.15) is 0 Å². The van der Waals surface area contributed by atoms with Gasteiger partial charge < -0.3 is 10.7 Å². The van der Waals surface area contributed by atoms with E-state index >= 15 is 0 Å². The van der Waals surface area contributed by atoms with Gasteiger partial charge in [0.1, 0.15) is 5.82 Å². The molecule has 0 saturated heterocycles. The molecule has 0 aliphatic carbocycles. The van der Waals surface area contributed by atoms with Crippen molar-refractivity contribution in [2.45, 2.75) is 24.3 Å². The van der Waals surface area contributed by atoms with Gasteiger partial charge in [-0.3, -0.25) is 0 Å². The van der Waals surface area contributed by atoms with Crippen LogP contribution in [0.1, 0.15) is 25.2 Å². The Morgan fingerprint density at radius 1 is 1.50 bits per heavy atom. The van der Waals surface area contributed by atoms with Crippen LogP contribution in [-0.4, -0.2) is 18.4 Å². The van der Waals surface area contributed by atoms with E-state index in [1.807, 2.05) is 6.92 Å². The normalized spacial score (nSPS) is 13.3. The minimum atomic E-state index is -3.69. The fourth-order valence-electron chi connectivity index (χ4n) is 1.74. The monoisotopic (exact) mass is 314 g/mol. The first-order valence-electron chi connectivity index (χ1n) is 6.00. The molecular weight excluding hydrogens is 300 g/mol. The highest BCUT2D eigenvalue weighted by Crippen LogP contribution is 2.23. The number of nitrogens with two attached hydrogens (primary N) is 1. The van der Waals surface area contributed by atoms with E-state index in [1.165, 1.54) is 18.2 Å². The van der Waals surface area contributed by atoms with Gasteiger partial charge in [0.15, 0.2) is 0 Å². The highest BCUT2D eigenvalue weighted by molar-refractivity contribution is 7.89. The molecule has 0 spiro atoms. The number of nitrogen functional groups attached to an aromatic ring is 1. The van der Waals surface area contributed by atoms with Crippen molar-refractivity contribution in [3.63, 3.8) is 0 Å². The van der Waals surface area contributed by atoms with Crippen LogP contribution in [-0.2, 0) is 10.0 Å². The lowest BCUT2D eigenvalue weighted by Crippen LogP contribution is -2.29. The first-order valence-corrected chi connectivity index (χ1v) is 7.86. The van der Waals surface area contributed by atoms with Crippen molar-refractivity contribution in [3.05, 3.63) is 41.4 Å². The highest BCUT2D eigenvalue weighted by Gasteiger charge is 2.22. The first-order chi connectivity index (χ1) is 9.44. The second-order valence-corrected chi connectivity index (χ2v) is 6.36. The maximum atomic E-state index is 12.3. The first kappa shape index (κ1) is 14.8. The Bertz CT molecular complexity index is 685. The molecule has 0 bridgehead atoms. The number of halogens is 1. The second kappa shape index (κ2) is 5.82. The van der Waals surface area contributed by atoms with Gasteiger partial charge in [0, 0.05) is 12.4 Å². The molecule has 20 heavy (non-hydrogen) atoms. The Hall–Kier alpha value is -1.57. The summed E-state index contributed by atoms with van der Waals surface area (Å²) in [5.41, 5.74) is 5.86. The molecule has 1 atom stereocenters. The van der Waals surface area contributed by atoms with Gasteiger partial charge in [-0.15, -0.1) is 0 Å². The fraction of sp³-hybridized carbons (Fsp3) is 0.250. The van der Waals surface area contributed by atoms with Gasteiger partial charge in [0.05, 0.1) is 21.6 Å². The maximum Gasteiger partial charge on any atom is 0.241 e. The van der Waals surface area contributed by atoms with E-state index in [0.717, 1.165) is 0 Å². The van der Waals surface area contributed by atoms with Crippen LogP contribution in [0.4, 0.5) is 5.69 Å². The molecule has 0 aliphatic rings. The van der Waals surface area contributed by atoms with Crippen LogP contribution in [0.5, 0.6) is 0 Å². The summed E-state index contributed by atoms with van der Waals surface area (Å²) in [5, 5.41) is 0.321. The Balaban J connectivity index is 2.28. The van der Waals surface area contributed by atoms with Crippen molar-refractivity contribution in [1.82, 2.24) is 14.7 Å². The Morgan fingerprint density at radius 2 is 2.25 bits per heavy atom. The number of hydrogen-bond donors (Lipinski definition) is 3. The molecule has 0 fully saturated rings. The lowest BCUT2D eigenvalue weighted by atomic mass is 10.2. The highest BCUT2D eigenvalue weighted by atomic mass is 35.5. The van der Waals surface area contributed by atoms with Crippen molar-refractivity contribution in [2.24, 2.45) is 0 Å². The molecule has 6 nitrogen and oxygen atoms in total. The predicted octanol–water partition coefficient (Wildman–Crippen LogP) is 2.07. The van der Waals surface area contributed by atoms with E-state index in [2.05, 4.69) is 14.7 Å². The molecule has 1 heterocycles. The molecule has 0 amide bonds. The summed E-state index contributed by atoms with van der Waals surface area (Å²) < 4.78 is 27.2. The van der Waals surface area contributed by atoms with Crippen LogP contribution in [0.3, 0.4) is 0 Å². The zero-order chi connectivity index (χ0) is 14.8. The largest absolute Gasteiger partial charge is 0.397 e. The molecule has 0 saturated carbocycles. The standard InChI is InChI=1S/C12H15ClN4O2S/c1-2-11(12-15-5-6-16-12)17-20(18,19)8-3-4-9(13)10(14)7-8/h3-7,11,17H,2,14H2,1H3,(H,15,16). The van der Waals surface area contributed by atoms with Crippen molar-refractivity contribution in [3.8, 4) is 0 Å². The van der Waals surface area contributed by atoms with E-state index < -0.39 is 16.1 Å². The molecule has 108 valence electrons. The second-order valence-electron chi connectivity index (χ2n) is 4.24. The van der Waals surface area contributed by atoms with Gasteiger partial charge in [0.25, 0.3) is 0 Å². The van der Waals surface area contributed by atoms with E-state index in [0.29, 0.717) is 17.3 Å². The average Bonchev–Trinajstić information content (AvgIpc) is 2.93. The summed E-state index contributed by atoms with van der Waals surface area (Å²) in [6, 6.07) is 3.78. The molecule has 4 N–H and O–H groups in total. The van der Waals surface area contributed by atoms with Crippen LogP contribution in [0.15, 0.2) is 35.5 Å². The minimum Gasteiger partial charge on any atom is -0.397 e. The SMILES string of the molecule is CCC(NS(=O)(=O)c1ccc(Cl)c(N)c1)c1ncc[nH]1. The van der Waals surface area contributed by atoms with Crippen LogP contribution in [0.2, 0.25) is 5.02 Å². The zero-order valence-corrected chi connectivity index (χ0v) is 12.4. The van der Waals surface area contributed by atoms with Crippen molar-refractivity contribution in [2.75, 3.05) is 5.73 Å². The van der Waals surface area contributed by atoms with Gasteiger partial charge in [0.2, 0.25) is 10.0 Å². The third kappa shape index (κ3) is 3.12. The molecule has 1 unspecified atom stereocenters. The number of H-pyrrole nitrogens is 1. The summed E-state index contributed by atoms with van der Waals surface area (Å²) in [4.78, 5) is 7.04. The lowest BCUT2D eigenvalue weighted by Gasteiger charge is -2.15. The average molecular weight is 315 g/mol. The number of rotatable bonds is 5. The molecule has 2 aromatic rings. The van der Waals surface area contributed by atoms with Crippen molar-refractivity contribution in [1.29, 1.82) is 0 Å². The fourth-order valence-corrected chi connectivity index (χ4v) is 3.18. The Labute approximate surface area is 122 Å². The number of aromatic amines is 1. The van der Waals surface area contributed by atoms with Crippen molar-refractivity contribution >= 4 is 27.3 Å². The van der Waals surface area contributed by atoms with Crippen LogP contribution in [0, 0.1) is 0 Å².